The van der Waals surface area contributed by atoms with E-state index in [9.17, 15) is 0 Å². The molecule has 1 fully saturated rings. The van der Waals surface area contributed by atoms with E-state index in [-0.39, 0.29) is 0 Å². The standard InChI is InChI=1S/C16H25N/c1-4-6-13-7-9-14(10-8-13)15-11-16(12(15)3)17-5-2/h7-10,12,15-17H,4-6,11H2,1-3H3. The van der Waals surface area contributed by atoms with Crippen LogP contribution in [0.3, 0.4) is 0 Å². The molecule has 0 bridgehead atoms. The Bertz CT molecular complexity index is 341. The summed E-state index contributed by atoms with van der Waals surface area (Å²) in [5.41, 5.74) is 3.01. The fourth-order valence-corrected chi connectivity index (χ4v) is 2.98. The maximum atomic E-state index is 3.56. The summed E-state index contributed by atoms with van der Waals surface area (Å²) < 4.78 is 0. The van der Waals surface area contributed by atoms with Gasteiger partial charge in [0, 0.05) is 6.04 Å². The van der Waals surface area contributed by atoms with Crippen molar-refractivity contribution in [3.05, 3.63) is 35.4 Å². The van der Waals surface area contributed by atoms with Crippen molar-refractivity contribution in [2.75, 3.05) is 6.54 Å². The molecule has 3 atom stereocenters. The minimum atomic E-state index is 0.736. The van der Waals surface area contributed by atoms with Gasteiger partial charge in [-0.25, -0.2) is 0 Å². The van der Waals surface area contributed by atoms with Gasteiger partial charge in [0.15, 0.2) is 0 Å². The second-order valence-electron chi connectivity index (χ2n) is 5.36. The van der Waals surface area contributed by atoms with E-state index < -0.39 is 0 Å². The predicted octanol–water partition coefficient (Wildman–Crippen LogP) is 3.74. The highest BCUT2D eigenvalue weighted by atomic mass is 14.9. The van der Waals surface area contributed by atoms with Crippen molar-refractivity contribution in [1.29, 1.82) is 0 Å². The zero-order valence-electron chi connectivity index (χ0n) is 11.4. The molecular formula is C16H25N. The molecule has 0 aromatic heterocycles. The monoisotopic (exact) mass is 231 g/mol. The van der Waals surface area contributed by atoms with Crippen LogP contribution in [0.2, 0.25) is 0 Å². The number of hydrogen-bond acceptors (Lipinski definition) is 1. The predicted molar refractivity (Wildman–Crippen MR) is 74.4 cm³/mol. The fourth-order valence-electron chi connectivity index (χ4n) is 2.98. The molecule has 0 saturated heterocycles. The summed E-state index contributed by atoms with van der Waals surface area (Å²) >= 11 is 0. The van der Waals surface area contributed by atoms with E-state index in [0.29, 0.717) is 0 Å². The molecule has 0 spiro atoms. The highest BCUT2D eigenvalue weighted by Crippen LogP contribution is 2.42. The van der Waals surface area contributed by atoms with E-state index >= 15 is 0 Å². The first-order chi connectivity index (χ1) is 8.26. The van der Waals surface area contributed by atoms with Gasteiger partial charge < -0.3 is 5.32 Å². The van der Waals surface area contributed by atoms with Crippen molar-refractivity contribution in [1.82, 2.24) is 5.32 Å². The number of rotatable bonds is 5. The van der Waals surface area contributed by atoms with Gasteiger partial charge in [-0.1, -0.05) is 51.5 Å². The second-order valence-corrected chi connectivity index (χ2v) is 5.36. The molecule has 1 aliphatic rings. The van der Waals surface area contributed by atoms with Gasteiger partial charge in [-0.3, -0.25) is 0 Å². The minimum absolute atomic E-state index is 0.736. The smallest absolute Gasteiger partial charge is 0.0104 e. The normalized spacial score (nSPS) is 27.8. The first kappa shape index (κ1) is 12.6. The van der Waals surface area contributed by atoms with Crippen molar-refractivity contribution in [2.24, 2.45) is 5.92 Å². The maximum absolute atomic E-state index is 3.56. The fraction of sp³-hybridized carbons (Fsp3) is 0.625. The molecule has 1 heteroatoms. The summed E-state index contributed by atoms with van der Waals surface area (Å²) in [6.07, 6.45) is 3.75. The van der Waals surface area contributed by atoms with Gasteiger partial charge in [-0.2, -0.15) is 0 Å². The van der Waals surface area contributed by atoms with Crippen LogP contribution in [0.4, 0.5) is 0 Å². The van der Waals surface area contributed by atoms with E-state index in [1.807, 2.05) is 0 Å². The Labute approximate surface area is 106 Å². The van der Waals surface area contributed by atoms with Crippen LogP contribution < -0.4 is 5.32 Å². The van der Waals surface area contributed by atoms with E-state index in [4.69, 9.17) is 0 Å². The Morgan fingerprint density at radius 1 is 1.18 bits per heavy atom. The van der Waals surface area contributed by atoms with Gasteiger partial charge in [0.25, 0.3) is 0 Å². The van der Waals surface area contributed by atoms with Crippen molar-refractivity contribution in [2.45, 2.75) is 52.0 Å². The van der Waals surface area contributed by atoms with Gasteiger partial charge >= 0.3 is 0 Å². The average molecular weight is 231 g/mol. The van der Waals surface area contributed by atoms with Gasteiger partial charge in [-0.05, 0) is 42.3 Å². The van der Waals surface area contributed by atoms with Crippen LogP contribution in [-0.4, -0.2) is 12.6 Å². The van der Waals surface area contributed by atoms with Crippen LogP contribution >= 0.6 is 0 Å². The summed E-state index contributed by atoms with van der Waals surface area (Å²) in [7, 11) is 0. The lowest BCUT2D eigenvalue weighted by Gasteiger charge is -2.43. The highest BCUT2D eigenvalue weighted by Gasteiger charge is 2.37. The first-order valence-electron chi connectivity index (χ1n) is 7.08. The third-order valence-electron chi connectivity index (χ3n) is 4.19. The second kappa shape index (κ2) is 5.68. The van der Waals surface area contributed by atoms with Crippen LogP contribution in [0.15, 0.2) is 24.3 Å². The topological polar surface area (TPSA) is 12.0 Å². The molecule has 1 nitrogen and oxygen atoms in total. The molecule has 0 radical (unpaired) electrons. The quantitative estimate of drug-likeness (QED) is 0.814. The Morgan fingerprint density at radius 3 is 2.41 bits per heavy atom. The van der Waals surface area contributed by atoms with Crippen molar-refractivity contribution < 1.29 is 0 Å². The summed E-state index contributed by atoms with van der Waals surface area (Å²) in [5.74, 6) is 1.56. The van der Waals surface area contributed by atoms with Crippen molar-refractivity contribution >= 4 is 0 Å². The zero-order chi connectivity index (χ0) is 12.3. The molecule has 2 rings (SSSR count). The number of aryl methyl sites for hydroxylation is 1. The largest absolute Gasteiger partial charge is 0.314 e. The number of nitrogens with one attached hydrogen (secondary N) is 1. The SMILES string of the molecule is CCCc1ccc(C2CC(NCC)C2C)cc1. The van der Waals surface area contributed by atoms with Gasteiger partial charge in [0.05, 0.1) is 0 Å². The molecule has 94 valence electrons. The Kier molecular flexibility index (Phi) is 4.22. The zero-order valence-corrected chi connectivity index (χ0v) is 11.4. The van der Waals surface area contributed by atoms with E-state index in [1.165, 1.54) is 30.4 Å². The van der Waals surface area contributed by atoms with Crippen LogP contribution in [0.25, 0.3) is 0 Å². The van der Waals surface area contributed by atoms with Crippen LogP contribution in [0.5, 0.6) is 0 Å². The molecule has 1 aromatic rings. The summed E-state index contributed by atoms with van der Waals surface area (Å²) in [5, 5.41) is 3.56. The van der Waals surface area contributed by atoms with Gasteiger partial charge in [0.1, 0.15) is 0 Å². The van der Waals surface area contributed by atoms with Crippen molar-refractivity contribution in [3.63, 3.8) is 0 Å². The number of hydrogen-bond donors (Lipinski definition) is 1. The molecule has 1 aromatic carbocycles. The third-order valence-corrected chi connectivity index (χ3v) is 4.19. The maximum Gasteiger partial charge on any atom is 0.0104 e. The van der Waals surface area contributed by atoms with Crippen LogP contribution in [-0.2, 0) is 6.42 Å². The lowest BCUT2D eigenvalue weighted by Crippen LogP contribution is -2.47. The Balaban J connectivity index is 1.95. The van der Waals surface area contributed by atoms with Gasteiger partial charge in [0.2, 0.25) is 0 Å². The summed E-state index contributed by atoms with van der Waals surface area (Å²) in [6, 6.07) is 10.0. The molecule has 0 aliphatic heterocycles. The molecule has 0 amide bonds. The third kappa shape index (κ3) is 2.71. The lowest BCUT2D eigenvalue weighted by atomic mass is 9.67. The first-order valence-corrected chi connectivity index (χ1v) is 7.08. The van der Waals surface area contributed by atoms with Crippen LogP contribution in [0.1, 0.15) is 50.7 Å². The van der Waals surface area contributed by atoms with E-state index in [0.717, 1.165) is 24.4 Å². The lowest BCUT2D eigenvalue weighted by molar-refractivity contribution is 0.187. The summed E-state index contributed by atoms with van der Waals surface area (Å²) in [6.45, 7) is 7.90. The van der Waals surface area contributed by atoms with Crippen molar-refractivity contribution in [3.8, 4) is 0 Å². The Morgan fingerprint density at radius 2 is 1.88 bits per heavy atom. The molecule has 1 N–H and O–H groups in total. The molecule has 17 heavy (non-hydrogen) atoms. The molecule has 0 heterocycles. The number of benzene rings is 1. The summed E-state index contributed by atoms with van der Waals surface area (Å²) in [4.78, 5) is 0. The molecule has 3 unspecified atom stereocenters. The highest BCUT2D eigenvalue weighted by molar-refractivity contribution is 5.28. The molecule has 1 saturated carbocycles. The van der Waals surface area contributed by atoms with E-state index in [1.54, 1.807) is 0 Å². The van der Waals surface area contributed by atoms with Crippen LogP contribution in [0, 0.1) is 5.92 Å². The minimum Gasteiger partial charge on any atom is -0.314 e. The van der Waals surface area contributed by atoms with Gasteiger partial charge in [-0.15, -0.1) is 0 Å². The average Bonchev–Trinajstić information content (AvgIpc) is 2.35. The van der Waals surface area contributed by atoms with E-state index in [2.05, 4.69) is 50.4 Å². The molecular weight excluding hydrogens is 206 g/mol. The molecule has 1 aliphatic carbocycles. The Hall–Kier alpha value is -0.820.